The minimum absolute atomic E-state index is 0.110. The Kier molecular flexibility index (Phi) is 5.48. The van der Waals surface area contributed by atoms with Gasteiger partial charge in [0.1, 0.15) is 0 Å². The first kappa shape index (κ1) is 18.7. The third-order valence-electron chi connectivity index (χ3n) is 5.21. The van der Waals surface area contributed by atoms with Crippen LogP contribution in [0.15, 0.2) is 64.5 Å². The Hall–Kier alpha value is -2.60. The van der Waals surface area contributed by atoms with E-state index < -0.39 is 0 Å². The van der Waals surface area contributed by atoms with Crippen molar-refractivity contribution in [3.63, 3.8) is 0 Å². The molecule has 0 N–H and O–H groups in total. The van der Waals surface area contributed by atoms with Crippen molar-refractivity contribution in [2.24, 2.45) is 0 Å². The molecule has 0 radical (unpaired) electrons. The molecule has 28 heavy (non-hydrogen) atoms. The zero-order chi connectivity index (χ0) is 19.5. The van der Waals surface area contributed by atoms with Gasteiger partial charge in [0.2, 0.25) is 5.91 Å². The molecule has 1 aliphatic rings. The number of hydrogen-bond donors (Lipinski definition) is 0. The number of likely N-dealkylation sites (tertiary alicyclic amines) is 1. The Morgan fingerprint density at radius 3 is 2.64 bits per heavy atom. The number of hydrogen-bond acceptors (Lipinski definition) is 4. The molecule has 0 spiro atoms. The number of thioether (sulfide) groups is 1. The van der Waals surface area contributed by atoms with Crippen LogP contribution in [-0.2, 0) is 4.79 Å². The third kappa shape index (κ3) is 3.69. The average molecular weight is 394 g/mol. The third-order valence-corrected chi connectivity index (χ3v) is 6.13. The summed E-state index contributed by atoms with van der Waals surface area (Å²) in [6, 6.07) is 17.1. The molecule has 1 unspecified atom stereocenters. The van der Waals surface area contributed by atoms with Gasteiger partial charge in [-0.25, -0.2) is 4.98 Å². The van der Waals surface area contributed by atoms with Crippen LogP contribution in [0.25, 0.3) is 16.6 Å². The summed E-state index contributed by atoms with van der Waals surface area (Å²) < 4.78 is 1.61. The van der Waals surface area contributed by atoms with E-state index in [0.717, 1.165) is 25.1 Å². The van der Waals surface area contributed by atoms with Gasteiger partial charge in [-0.2, -0.15) is 0 Å². The van der Waals surface area contributed by atoms with Crippen molar-refractivity contribution in [3.05, 3.63) is 65.0 Å². The molecule has 5 nitrogen and oxygen atoms in total. The van der Waals surface area contributed by atoms with E-state index in [9.17, 15) is 9.59 Å². The second-order valence-electron chi connectivity index (χ2n) is 7.11. The smallest absolute Gasteiger partial charge is 0.266 e. The van der Waals surface area contributed by atoms with Crippen LogP contribution >= 0.6 is 11.8 Å². The Balaban J connectivity index is 1.69. The van der Waals surface area contributed by atoms with Crippen LogP contribution < -0.4 is 5.56 Å². The van der Waals surface area contributed by atoms with Crippen LogP contribution in [0.2, 0.25) is 0 Å². The molecule has 2 aromatic carbocycles. The van der Waals surface area contributed by atoms with E-state index in [0.29, 0.717) is 16.1 Å². The van der Waals surface area contributed by atoms with E-state index in [-0.39, 0.29) is 23.3 Å². The summed E-state index contributed by atoms with van der Waals surface area (Å²) in [4.78, 5) is 32.6. The van der Waals surface area contributed by atoms with Gasteiger partial charge in [-0.3, -0.25) is 14.2 Å². The van der Waals surface area contributed by atoms with Crippen molar-refractivity contribution in [2.45, 2.75) is 37.4 Å². The molecule has 144 valence electrons. The fraction of sp³-hybridized carbons (Fsp3) is 0.318. The normalized spacial score (nSPS) is 17.0. The first-order valence-electron chi connectivity index (χ1n) is 9.64. The number of para-hydroxylation sites is 2. The van der Waals surface area contributed by atoms with E-state index in [1.165, 1.54) is 18.2 Å². The summed E-state index contributed by atoms with van der Waals surface area (Å²) in [6.07, 6.45) is 3.29. The quantitative estimate of drug-likeness (QED) is 0.499. The Bertz CT molecular complexity index is 1050. The lowest BCUT2D eigenvalue weighted by atomic mass is 10.0. The molecule has 1 aromatic heterocycles. The number of amides is 1. The number of piperidine rings is 1. The van der Waals surface area contributed by atoms with E-state index in [1.54, 1.807) is 10.6 Å². The van der Waals surface area contributed by atoms with Gasteiger partial charge in [0, 0.05) is 12.6 Å². The number of carbonyl (C=O) groups is 1. The highest BCUT2D eigenvalue weighted by atomic mass is 32.2. The largest absolute Gasteiger partial charge is 0.339 e. The summed E-state index contributed by atoms with van der Waals surface area (Å²) in [6.45, 7) is 2.92. The monoisotopic (exact) mass is 393 g/mol. The molecule has 1 amide bonds. The van der Waals surface area contributed by atoms with Gasteiger partial charge in [-0.1, -0.05) is 42.1 Å². The second-order valence-corrected chi connectivity index (χ2v) is 8.05. The fourth-order valence-corrected chi connectivity index (χ4v) is 4.59. The van der Waals surface area contributed by atoms with E-state index in [2.05, 4.69) is 6.92 Å². The minimum Gasteiger partial charge on any atom is -0.339 e. The molecule has 1 atom stereocenters. The van der Waals surface area contributed by atoms with Gasteiger partial charge >= 0.3 is 0 Å². The van der Waals surface area contributed by atoms with Crippen LogP contribution in [0.3, 0.4) is 0 Å². The SMILES string of the molecule is CC1CCCCN1C(=O)CSc1nc2ccccc2c(=O)n1-c1ccccc1. The zero-order valence-electron chi connectivity index (χ0n) is 15.9. The van der Waals surface area contributed by atoms with Gasteiger partial charge in [0.25, 0.3) is 5.56 Å². The molecule has 0 saturated carbocycles. The number of rotatable bonds is 4. The Labute approximate surface area is 168 Å². The highest BCUT2D eigenvalue weighted by Gasteiger charge is 2.24. The Morgan fingerprint density at radius 2 is 1.86 bits per heavy atom. The van der Waals surface area contributed by atoms with Crippen molar-refractivity contribution in [3.8, 4) is 5.69 Å². The minimum atomic E-state index is -0.113. The molecule has 1 fully saturated rings. The molecule has 3 aromatic rings. The topological polar surface area (TPSA) is 55.2 Å². The molecular formula is C22H23N3O2S. The summed E-state index contributed by atoms with van der Waals surface area (Å²) in [5.41, 5.74) is 1.30. The molecule has 0 aliphatic carbocycles. The molecule has 0 bridgehead atoms. The van der Waals surface area contributed by atoms with Crippen LogP contribution in [0.4, 0.5) is 0 Å². The predicted molar refractivity (Wildman–Crippen MR) is 113 cm³/mol. The van der Waals surface area contributed by atoms with Crippen molar-refractivity contribution in [1.29, 1.82) is 0 Å². The van der Waals surface area contributed by atoms with E-state index >= 15 is 0 Å². The van der Waals surface area contributed by atoms with Crippen molar-refractivity contribution in [2.75, 3.05) is 12.3 Å². The first-order chi connectivity index (χ1) is 13.6. The molecule has 2 heterocycles. The molecular weight excluding hydrogens is 370 g/mol. The Morgan fingerprint density at radius 1 is 1.11 bits per heavy atom. The summed E-state index contributed by atoms with van der Waals surface area (Å²) in [5.74, 6) is 0.390. The highest BCUT2D eigenvalue weighted by molar-refractivity contribution is 7.99. The molecule has 1 saturated heterocycles. The van der Waals surface area contributed by atoms with Crippen LogP contribution in [0, 0.1) is 0 Å². The van der Waals surface area contributed by atoms with Gasteiger partial charge in [-0.15, -0.1) is 0 Å². The first-order valence-corrected chi connectivity index (χ1v) is 10.6. The maximum absolute atomic E-state index is 13.2. The van der Waals surface area contributed by atoms with Crippen molar-refractivity contribution < 1.29 is 4.79 Å². The maximum Gasteiger partial charge on any atom is 0.266 e. The molecule has 6 heteroatoms. The van der Waals surface area contributed by atoms with Gasteiger partial charge in [-0.05, 0) is 50.5 Å². The predicted octanol–water partition coefficient (Wildman–Crippen LogP) is 3.88. The fourth-order valence-electron chi connectivity index (χ4n) is 3.69. The van der Waals surface area contributed by atoms with E-state index in [4.69, 9.17) is 4.98 Å². The van der Waals surface area contributed by atoms with Crippen molar-refractivity contribution >= 4 is 28.6 Å². The van der Waals surface area contributed by atoms with Crippen LogP contribution in [0.1, 0.15) is 26.2 Å². The van der Waals surface area contributed by atoms with Crippen molar-refractivity contribution in [1.82, 2.24) is 14.5 Å². The number of aromatic nitrogens is 2. The summed E-state index contributed by atoms with van der Waals surface area (Å²) in [7, 11) is 0. The lowest BCUT2D eigenvalue weighted by molar-refractivity contribution is -0.131. The van der Waals surface area contributed by atoms with Crippen LogP contribution in [-0.4, -0.2) is 38.7 Å². The van der Waals surface area contributed by atoms with Gasteiger partial charge < -0.3 is 4.90 Å². The summed E-state index contributed by atoms with van der Waals surface area (Å²) in [5, 5.41) is 1.12. The standard InChI is InChI=1S/C22H23N3O2S/c1-16-9-7-8-14-24(16)20(26)15-28-22-23-19-13-6-5-12-18(19)21(27)25(22)17-10-3-2-4-11-17/h2-6,10-13,16H,7-9,14-15H2,1H3. The number of benzene rings is 2. The molecule has 4 rings (SSSR count). The second kappa shape index (κ2) is 8.19. The maximum atomic E-state index is 13.2. The molecule has 1 aliphatic heterocycles. The van der Waals surface area contributed by atoms with Gasteiger partial charge in [0.15, 0.2) is 5.16 Å². The number of nitrogens with zero attached hydrogens (tertiary/aromatic N) is 3. The zero-order valence-corrected chi connectivity index (χ0v) is 16.7. The summed E-state index contributed by atoms with van der Waals surface area (Å²) >= 11 is 1.34. The number of carbonyl (C=O) groups excluding carboxylic acids is 1. The highest BCUT2D eigenvalue weighted by Crippen LogP contribution is 2.23. The van der Waals surface area contributed by atoms with Gasteiger partial charge in [0.05, 0.1) is 22.3 Å². The average Bonchev–Trinajstić information content (AvgIpc) is 2.73. The number of fused-ring (bicyclic) bond motifs is 1. The van der Waals surface area contributed by atoms with E-state index in [1.807, 2.05) is 53.4 Å². The lowest BCUT2D eigenvalue weighted by Crippen LogP contribution is -2.43. The van der Waals surface area contributed by atoms with Crippen LogP contribution in [0.5, 0.6) is 0 Å². The lowest BCUT2D eigenvalue weighted by Gasteiger charge is -2.33.